The molecule has 2 heterocycles. The Morgan fingerprint density at radius 3 is 2.41 bits per heavy atom. The van der Waals surface area contributed by atoms with Gasteiger partial charge in [-0.3, -0.25) is 14.4 Å². The quantitative estimate of drug-likeness (QED) is 0.538. The van der Waals surface area contributed by atoms with Crippen molar-refractivity contribution < 1.29 is 14.4 Å². The second-order valence-electron chi connectivity index (χ2n) is 8.25. The lowest BCUT2D eigenvalue weighted by atomic mass is 9.97. The maximum Gasteiger partial charge on any atom is 0.286 e. The number of carbonyl (C=O) groups excluding carboxylic acids is 3. The van der Waals surface area contributed by atoms with E-state index in [4.69, 9.17) is 11.6 Å². The molecule has 1 saturated heterocycles. The van der Waals surface area contributed by atoms with Crippen LogP contribution in [0.3, 0.4) is 0 Å². The molecule has 10 heteroatoms. The number of aromatic nitrogens is 2. The number of aryl methyl sites for hydroxylation is 2. The van der Waals surface area contributed by atoms with Crippen molar-refractivity contribution in [1.29, 1.82) is 0 Å². The highest BCUT2D eigenvalue weighted by atomic mass is 35.5. The van der Waals surface area contributed by atoms with Gasteiger partial charge in [0, 0.05) is 29.5 Å². The number of hydrogen-bond acceptors (Lipinski definition) is 6. The number of piperidine rings is 1. The number of anilines is 2. The van der Waals surface area contributed by atoms with Gasteiger partial charge in [-0.2, -0.15) is 0 Å². The number of nitrogens with zero attached hydrogens (tertiary/aromatic N) is 3. The van der Waals surface area contributed by atoms with E-state index in [0.29, 0.717) is 36.6 Å². The third-order valence-electron chi connectivity index (χ3n) is 5.76. The molecule has 0 bridgehead atoms. The molecule has 1 fully saturated rings. The van der Waals surface area contributed by atoms with E-state index in [1.807, 2.05) is 32.0 Å². The van der Waals surface area contributed by atoms with Gasteiger partial charge in [-0.05, 0) is 74.2 Å². The minimum absolute atomic E-state index is 0.0827. The topological polar surface area (TPSA) is 104 Å². The van der Waals surface area contributed by atoms with Crippen molar-refractivity contribution in [3.63, 3.8) is 0 Å². The van der Waals surface area contributed by atoms with Crippen LogP contribution < -0.4 is 10.6 Å². The molecule has 176 valence electrons. The van der Waals surface area contributed by atoms with Crippen LogP contribution in [0.25, 0.3) is 0 Å². The van der Waals surface area contributed by atoms with Crippen molar-refractivity contribution in [3.05, 3.63) is 68.6 Å². The molecule has 1 aliphatic heterocycles. The van der Waals surface area contributed by atoms with Crippen LogP contribution in [-0.4, -0.2) is 45.9 Å². The lowest BCUT2D eigenvalue weighted by Crippen LogP contribution is -2.43. The molecule has 3 amide bonds. The Morgan fingerprint density at radius 1 is 0.971 bits per heavy atom. The maximum atomic E-state index is 13.0. The molecule has 0 spiro atoms. The first-order valence-electron chi connectivity index (χ1n) is 10.9. The van der Waals surface area contributed by atoms with Gasteiger partial charge in [-0.25, -0.2) is 0 Å². The number of halogens is 1. The molecule has 3 aromatic rings. The van der Waals surface area contributed by atoms with Crippen molar-refractivity contribution in [2.75, 3.05) is 23.7 Å². The summed E-state index contributed by atoms with van der Waals surface area (Å²) in [5.41, 5.74) is 3.57. The van der Waals surface area contributed by atoms with Crippen LogP contribution >= 0.6 is 22.9 Å². The Balaban J connectivity index is 1.37. The molecule has 2 aromatic carbocycles. The molecule has 34 heavy (non-hydrogen) atoms. The summed E-state index contributed by atoms with van der Waals surface area (Å²) < 4.78 is 0. The highest BCUT2D eigenvalue weighted by Crippen LogP contribution is 2.23. The van der Waals surface area contributed by atoms with Gasteiger partial charge in [-0.15, -0.1) is 10.2 Å². The second-order valence-corrected chi connectivity index (χ2v) is 9.67. The molecule has 1 aromatic heterocycles. The number of likely N-dealkylation sites (tertiary alicyclic amines) is 1. The van der Waals surface area contributed by atoms with Crippen LogP contribution in [0, 0.1) is 19.8 Å². The average Bonchev–Trinajstić information content (AvgIpc) is 3.33. The van der Waals surface area contributed by atoms with E-state index in [0.717, 1.165) is 28.2 Å². The summed E-state index contributed by atoms with van der Waals surface area (Å²) in [6, 6.07) is 12.5. The van der Waals surface area contributed by atoms with E-state index < -0.39 is 5.91 Å². The van der Waals surface area contributed by atoms with Crippen molar-refractivity contribution in [2.24, 2.45) is 5.92 Å². The molecule has 8 nitrogen and oxygen atoms in total. The zero-order valence-electron chi connectivity index (χ0n) is 18.8. The summed E-state index contributed by atoms with van der Waals surface area (Å²) in [6.45, 7) is 4.84. The van der Waals surface area contributed by atoms with Gasteiger partial charge >= 0.3 is 0 Å². The summed E-state index contributed by atoms with van der Waals surface area (Å²) >= 11 is 6.79. The first-order chi connectivity index (χ1) is 16.3. The second kappa shape index (κ2) is 10.3. The molecule has 2 N–H and O–H groups in total. The monoisotopic (exact) mass is 497 g/mol. The zero-order valence-corrected chi connectivity index (χ0v) is 20.4. The van der Waals surface area contributed by atoms with E-state index in [9.17, 15) is 14.4 Å². The number of amides is 3. The van der Waals surface area contributed by atoms with Crippen molar-refractivity contribution >= 4 is 52.0 Å². The van der Waals surface area contributed by atoms with E-state index in [1.54, 1.807) is 29.2 Å². The van der Waals surface area contributed by atoms with Crippen LogP contribution in [-0.2, 0) is 4.79 Å². The van der Waals surface area contributed by atoms with Gasteiger partial charge in [0.15, 0.2) is 0 Å². The largest absolute Gasteiger partial charge is 0.336 e. The number of rotatable bonds is 5. The van der Waals surface area contributed by atoms with Crippen molar-refractivity contribution in [2.45, 2.75) is 26.7 Å². The average molecular weight is 498 g/mol. The molecule has 1 atom stereocenters. The lowest BCUT2D eigenvalue weighted by Gasteiger charge is -2.31. The Hall–Kier alpha value is -3.30. The van der Waals surface area contributed by atoms with Gasteiger partial charge in [-0.1, -0.05) is 29.0 Å². The number of hydrogen-bond donors (Lipinski definition) is 2. The molecule has 1 aliphatic rings. The standard InChI is InChI=1S/C24H24ClN5O3S/c1-14-5-8-19(12-15(14)2)27-20(31)16-4-3-11-30(13-16)24(33)23-29-28-22(34-23)21(32)26-18-9-6-17(25)7-10-18/h5-10,12,16H,3-4,11,13H2,1-2H3,(H,26,32)(H,27,31)/t16-/m1/s1. The highest BCUT2D eigenvalue weighted by molar-refractivity contribution is 7.15. The smallest absolute Gasteiger partial charge is 0.286 e. The molecule has 4 rings (SSSR count). The minimum Gasteiger partial charge on any atom is -0.336 e. The van der Waals surface area contributed by atoms with E-state index in [2.05, 4.69) is 20.8 Å². The van der Waals surface area contributed by atoms with Gasteiger partial charge in [0.1, 0.15) is 0 Å². The van der Waals surface area contributed by atoms with Crippen molar-refractivity contribution in [1.82, 2.24) is 15.1 Å². The van der Waals surface area contributed by atoms with Crippen LogP contribution in [0.15, 0.2) is 42.5 Å². The predicted octanol–water partition coefficient (Wildman–Crippen LogP) is 4.55. The Bertz CT molecular complexity index is 1230. The zero-order chi connectivity index (χ0) is 24.2. The number of nitrogens with one attached hydrogen (secondary N) is 2. The summed E-state index contributed by atoms with van der Waals surface area (Å²) in [5, 5.41) is 14.2. The van der Waals surface area contributed by atoms with Crippen LogP contribution in [0.1, 0.15) is 43.6 Å². The van der Waals surface area contributed by atoms with Gasteiger partial charge in [0.2, 0.25) is 15.9 Å². The Morgan fingerprint density at radius 2 is 1.68 bits per heavy atom. The van der Waals surface area contributed by atoms with E-state index in [-0.39, 0.29) is 27.7 Å². The van der Waals surface area contributed by atoms with E-state index >= 15 is 0 Å². The fourth-order valence-electron chi connectivity index (χ4n) is 3.69. The number of carbonyl (C=O) groups is 3. The van der Waals surface area contributed by atoms with Gasteiger partial charge in [0.25, 0.3) is 11.8 Å². The van der Waals surface area contributed by atoms with Crippen LogP contribution in [0.5, 0.6) is 0 Å². The summed E-state index contributed by atoms with van der Waals surface area (Å²) in [4.78, 5) is 39.9. The Kier molecular flexibility index (Phi) is 7.23. The third kappa shape index (κ3) is 5.60. The van der Waals surface area contributed by atoms with Crippen molar-refractivity contribution in [3.8, 4) is 0 Å². The van der Waals surface area contributed by atoms with E-state index in [1.165, 1.54) is 0 Å². The van der Waals surface area contributed by atoms with Crippen LogP contribution in [0.4, 0.5) is 11.4 Å². The maximum absolute atomic E-state index is 13.0. The predicted molar refractivity (Wildman–Crippen MR) is 132 cm³/mol. The molecule has 0 aliphatic carbocycles. The number of benzene rings is 2. The molecular formula is C24H24ClN5O3S. The summed E-state index contributed by atoms with van der Waals surface area (Å²) in [6.07, 6.45) is 1.41. The Labute approximate surface area is 206 Å². The van der Waals surface area contributed by atoms with Gasteiger partial charge < -0.3 is 15.5 Å². The third-order valence-corrected chi connectivity index (χ3v) is 6.92. The van der Waals surface area contributed by atoms with Crippen LogP contribution in [0.2, 0.25) is 5.02 Å². The fourth-order valence-corrected chi connectivity index (χ4v) is 4.53. The molecule has 0 unspecified atom stereocenters. The highest BCUT2D eigenvalue weighted by Gasteiger charge is 2.31. The summed E-state index contributed by atoms with van der Waals surface area (Å²) in [5.74, 6) is -1.21. The normalized spacial score (nSPS) is 15.6. The lowest BCUT2D eigenvalue weighted by molar-refractivity contribution is -0.121. The first-order valence-corrected chi connectivity index (χ1v) is 12.1. The molecule has 0 saturated carbocycles. The van der Waals surface area contributed by atoms with Gasteiger partial charge in [0.05, 0.1) is 5.92 Å². The SMILES string of the molecule is Cc1ccc(NC(=O)[C@@H]2CCCN(C(=O)c3nnc(C(=O)Nc4ccc(Cl)cc4)s3)C2)cc1C. The fraction of sp³-hybridized carbons (Fsp3) is 0.292. The molecule has 0 radical (unpaired) electrons. The minimum atomic E-state index is -0.455. The first kappa shape index (κ1) is 23.8. The summed E-state index contributed by atoms with van der Waals surface area (Å²) in [7, 11) is 0. The molecular weight excluding hydrogens is 474 g/mol.